The molecule has 1 aromatic carbocycles. The smallest absolute Gasteiger partial charge is 0.253 e. The minimum absolute atomic E-state index is 0.0123. The SMILES string of the molecule is CCCSc1cncc(C(=O)NCC(=O)CSCc2ccc(F)cc2)c1. The number of thioether (sulfide) groups is 2. The molecule has 0 radical (unpaired) electrons. The van der Waals surface area contributed by atoms with Gasteiger partial charge in [0.25, 0.3) is 5.91 Å². The number of benzene rings is 1. The van der Waals surface area contributed by atoms with Crippen LogP contribution in [0.25, 0.3) is 0 Å². The Bertz CT molecular complexity index is 739. The molecule has 7 heteroatoms. The molecular weight excluding hydrogens is 371 g/mol. The molecule has 0 saturated heterocycles. The molecule has 0 saturated carbocycles. The first-order valence-corrected chi connectivity index (χ1v) is 10.4. The van der Waals surface area contributed by atoms with E-state index in [1.807, 2.05) is 0 Å². The number of hydrogen-bond acceptors (Lipinski definition) is 5. The summed E-state index contributed by atoms with van der Waals surface area (Å²) in [6.07, 6.45) is 4.28. The molecule has 0 aliphatic heterocycles. The van der Waals surface area contributed by atoms with Crippen molar-refractivity contribution in [3.63, 3.8) is 0 Å². The number of ketones is 1. The summed E-state index contributed by atoms with van der Waals surface area (Å²) in [7, 11) is 0. The lowest BCUT2D eigenvalue weighted by molar-refractivity contribution is -0.115. The van der Waals surface area contributed by atoms with E-state index in [0.717, 1.165) is 22.6 Å². The third-order valence-corrected chi connectivity index (χ3v) is 5.57. The Hall–Kier alpha value is -1.86. The standard InChI is InChI=1S/C19H21FN2O2S2/c1-2-7-26-18-8-15(9-21-11-18)19(24)22-10-17(23)13-25-12-14-3-5-16(20)6-4-14/h3-6,8-9,11H,2,7,10,12-13H2,1H3,(H,22,24). The number of pyridine rings is 1. The molecule has 4 nitrogen and oxygen atoms in total. The topological polar surface area (TPSA) is 59.1 Å². The first kappa shape index (κ1) is 20.5. The highest BCUT2D eigenvalue weighted by Gasteiger charge is 2.10. The van der Waals surface area contributed by atoms with Crippen LogP contribution in [0.5, 0.6) is 0 Å². The fourth-order valence-electron chi connectivity index (χ4n) is 2.04. The molecule has 1 amide bonds. The van der Waals surface area contributed by atoms with E-state index in [1.165, 1.54) is 30.1 Å². The van der Waals surface area contributed by atoms with Crippen LogP contribution in [0.2, 0.25) is 0 Å². The van der Waals surface area contributed by atoms with E-state index in [0.29, 0.717) is 17.1 Å². The van der Waals surface area contributed by atoms with Gasteiger partial charge in [-0.25, -0.2) is 4.39 Å². The summed E-state index contributed by atoms with van der Waals surface area (Å²) >= 11 is 3.09. The molecule has 26 heavy (non-hydrogen) atoms. The quantitative estimate of drug-likeness (QED) is 0.620. The second kappa shape index (κ2) is 11.0. The molecule has 2 rings (SSSR count). The number of halogens is 1. The Labute approximate surface area is 161 Å². The molecular formula is C19H21FN2O2S2. The van der Waals surface area contributed by atoms with Gasteiger partial charge in [-0.2, -0.15) is 0 Å². The minimum Gasteiger partial charge on any atom is -0.345 e. The molecule has 0 unspecified atom stereocenters. The summed E-state index contributed by atoms with van der Waals surface area (Å²) in [4.78, 5) is 29.1. The van der Waals surface area contributed by atoms with Crippen molar-refractivity contribution in [1.82, 2.24) is 10.3 Å². The second-order valence-electron chi connectivity index (χ2n) is 5.60. The lowest BCUT2D eigenvalue weighted by Gasteiger charge is -2.06. The predicted molar refractivity (Wildman–Crippen MR) is 105 cm³/mol. The first-order chi connectivity index (χ1) is 12.6. The lowest BCUT2D eigenvalue weighted by Crippen LogP contribution is -2.30. The average Bonchev–Trinajstić information content (AvgIpc) is 2.66. The maximum absolute atomic E-state index is 12.8. The summed E-state index contributed by atoms with van der Waals surface area (Å²) in [5.41, 5.74) is 1.42. The predicted octanol–water partition coefficient (Wildman–Crippen LogP) is 3.96. The highest BCUT2D eigenvalue weighted by molar-refractivity contribution is 7.99. The zero-order chi connectivity index (χ0) is 18.8. The maximum atomic E-state index is 12.8. The molecule has 0 atom stereocenters. The number of carbonyl (C=O) groups is 2. The van der Waals surface area contributed by atoms with Gasteiger partial charge in [0.15, 0.2) is 5.78 Å². The van der Waals surface area contributed by atoms with E-state index in [4.69, 9.17) is 0 Å². The lowest BCUT2D eigenvalue weighted by atomic mass is 10.2. The van der Waals surface area contributed by atoms with Crippen molar-refractivity contribution < 1.29 is 14.0 Å². The van der Waals surface area contributed by atoms with Crippen molar-refractivity contribution in [2.75, 3.05) is 18.1 Å². The van der Waals surface area contributed by atoms with Crippen LogP contribution in [0.1, 0.15) is 29.3 Å². The van der Waals surface area contributed by atoms with E-state index in [2.05, 4.69) is 17.2 Å². The van der Waals surface area contributed by atoms with Crippen LogP contribution >= 0.6 is 23.5 Å². The molecule has 1 N–H and O–H groups in total. The zero-order valence-corrected chi connectivity index (χ0v) is 16.2. The first-order valence-electron chi connectivity index (χ1n) is 8.28. The summed E-state index contributed by atoms with van der Waals surface area (Å²) in [6, 6.07) is 7.99. The molecule has 0 fully saturated rings. The van der Waals surface area contributed by atoms with Crippen LogP contribution in [0.4, 0.5) is 4.39 Å². The van der Waals surface area contributed by atoms with Gasteiger partial charge in [0, 0.05) is 23.0 Å². The molecule has 1 aromatic heterocycles. The van der Waals surface area contributed by atoms with Crippen molar-refractivity contribution in [2.45, 2.75) is 24.0 Å². The minimum atomic E-state index is -0.298. The number of nitrogens with one attached hydrogen (secondary N) is 1. The van der Waals surface area contributed by atoms with Crippen molar-refractivity contribution >= 4 is 35.2 Å². The van der Waals surface area contributed by atoms with Crippen molar-refractivity contribution in [2.24, 2.45) is 0 Å². The van der Waals surface area contributed by atoms with Gasteiger partial charge in [0.1, 0.15) is 5.82 Å². The maximum Gasteiger partial charge on any atom is 0.253 e. The van der Waals surface area contributed by atoms with Crippen molar-refractivity contribution in [1.29, 1.82) is 0 Å². The molecule has 0 bridgehead atoms. The van der Waals surface area contributed by atoms with Gasteiger partial charge >= 0.3 is 0 Å². The van der Waals surface area contributed by atoms with Crippen LogP contribution in [0.15, 0.2) is 47.6 Å². The van der Waals surface area contributed by atoms with Gasteiger partial charge in [-0.1, -0.05) is 19.1 Å². The van der Waals surface area contributed by atoms with Crippen LogP contribution in [-0.2, 0) is 10.5 Å². The van der Waals surface area contributed by atoms with Crippen molar-refractivity contribution in [3.05, 3.63) is 59.7 Å². The summed E-state index contributed by atoms with van der Waals surface area (Å²) in [5, 5.41) is 2.64. The number of nitrogens with zero attached hydrogens (tertiary/aromatic N) is 1. The monoisotopic (exact) mass is 392 g/mol. The molecule has 2 aromatic rings. The van der Waals surface area contributed by atoms with E-state index in [1.54, 1.807) is 36.2 Å². The van der Waals surface area contributed by atoms with Crippen LogP contribution in [0.3, 0.4) is 0 Å². The third kappa shape index (κ3) is 7.17. The van der Waals surface area contributed by atoms with E-state index in [-0.39, 0.29) is 24.1 Å². The fourth-order valence-corrected chi connectivity index (χ4v) is 3.68. The number of carbonyl (C=O) groups excluding carboxylic acids is 2. The highest BCUT2D eigenvalue weighted by Crippen LogP contribution is 2.18. The van der Waals surface area contributed by atoms with Crippen LogP contribution in [-0.4, -0.2) is 34.7 Å². The van der Waals surface area contributed by atoms with E-state index in [9.17, 15) is 14.0 Å². The number of Topliss-reactive ketones (excluding diaryl/α,β-unsaturated/α-hetero) is 1. The fraction of sp³-hybridized carbons (Fsp3) is 0.316. The second-order valence-corrected chi connectivity index (χ2v) is 7.75. The normalized spacial score (nSPS) is 10.5. The van der Waals surface area contributed by atoms with E-state index >= 15 is 0 Å². The third-order valence-electron chi connectivity index (χ3n) is 3.34. The molecule has 1 heterocycles. The summed E-state index contributed by atoms with van der Waals surface area (Å²) in [5.74, 6) is 1.26. The van der Waals surface area contributed by atoms with Gasteiger partial charge < -0.3 is 5.32 Å². The average molecular weight is 393 g/mol. The Kier molecular flexibility index (Phi) is 8.64. The molecule has 0 aliphatic carbocycles. The highest BCUT2D eigenvalue weighted by atomic mass is 32.2. The van der Waals surface area contributed by atoms with Gasteiger partial charge in [-0.05, 0) is 35.9 Å². The molecule has 0 spiro atoms. The molecule has 138 valence electrons. The Morgan fingerprint density at radius 3 is 2.69 bits per heavy atom. The Morgan fingerprint density at radius 1 is 1.19 bits per heavy atom. The van der Waals surface area contributed by atoms with Gasteiger partial charge in [-0.15, -0.1) is 23.5 Å². The van der Waals surface area contributed by atoms with Gasteiger partial charge in [-0.3, -0.25) is 14.6 Å². The van der Waals surface area contributed by atoms with Gasteiger partial charge in [0.2, 0.25) is 0 Å². The number of hydrogen-bond donors (Lipinski definition) is 1. The van der Waals surface area contributed by atoms with Crippen LogP contribution in [0, 0.1) is 5.82 Å². The largest absolute Gasteiger partial charge is 0.345 e. The van der Waals surface area contributed by atoms with E-state index < -0.39 is 0 Å². The number of aromatic nitrogens is 1. The number of rotatable bonds is 10. The summed E-state index contributed by atoms with van der Waals surface area (Å²) in [6.45, 7) is 2.08. The zero-order valence-electron chi connectivity index (χ0n) is 14.5. The summed E-state index contributed by atoms with van der Waals surface area (Å²) < 4.78 is 12.8. The molecule has 0 aliphatic rings. The Balaban J connectivity index is 1.72. The van der Waals surface area contributed by atoms with Crippen molar-refractivity contribution in [3.8, 4) is 0 Å². The Morgan fingerprint density at radius 2 is 1.96 bits per heavy atom. The van der Waals surface area contributed by atoms with Crippen LogP contribution < -0.4 is 5.32 Å². The number of amides is 1. The van der Waals surface area contributed by atoms with Gasteiger partial charge in [0.05, 0.1) is 17.9 Å².